The summed E-state index contributed by atoms with van der Waals surface area (Å²) in [7, 11) is 0. The third kappa shape index (κ3) is 4.33. The summed E-state index contributed by atoms with van der Waals surface area (Å²) in [4.78, 5) is 15.0. The Morgan fingerprint density at radius 2 is 1.86 bits per heavy atom. The highest BCUT2D eigenvalue weighted by Gasteiger charge is 2.27. The monoisotopic (exact) mass is 470 g/mol. The van der Waals surface area contributed by atoms with Gasteiger partial charge in [0.25, 0.3) is 0 Å². The minimum Gasteiger partial charge on any atom is -0.379 e. The maximum Gasteiger partial charge on any atom is 0.143 e. The molecule has 2 N–H and O–H groups in total. The molecule has 2 aromatic heterocycles. The molecule has 1 saturated carbocycles. The minimum absolute atomic E-state index is 0.303. The molecule has 1 aliphatic heterocycles. The Balaban J connectivity index is 1.29. The maximum atomic E-state index is 14.1. The van der Waals surface area contributed by atoms with Gasteiger partial charge in [-0.1, -0.05) is 6.07 Å². The van der Waals surface area contributed by atoms with Crippen LogP contribution in [0.1, 0.15) is 31.2 Å². The first kappa shape index (κ1) is 22.0. The molecule has 0 spiro atoms. The molecule has 7 nitrogen and oxygen atoms in total. The van der Waals surface area contributed by atoms with Gasteiger partial charge in [-0.3, -0.25) is 4.90 Å². The summed E-state index contributed by atoms with van der Waals surface area (Å²) in [5.74, 6) is 0.404. The molecule has 4 aromatic rings. The number of nitrogens with zero attached hydrogens (tertiary/aromatic N) is 4. The topological polar surface area (TPSA) is 89.9 Å². The number of ether oxygens (including phenoxy) is 1. The van der Waals surface area contributed by atoms with E-state index in [9.17, 15) is 9.65 Å². The van der Waals surface area contributed by atoms with Gasteiger partial charge < -0.3 is 15.0 Å². The van der Waals surface area contributed by atoms with E-state index in [1.54, 1.807) is 12.4 Å². The van der Waals surface area contributed by atoms with Crippen LogP contribution in [0.4, 0.5) is 10.2 Å². The molecule has 35 heavy (non-hydrogen) atoms. The lowest BCUT2D eigenvalue weighted by Crippen LogP contribution is -2.46. The van der Waals surface area contributed by atoms with Crippen molar-refractivity contribution in [1.82, 2.24) is 19.9 Å². The summed E-state index contributed by atoms with van der Waals surface area (Å²) >= 11 is 0. The number of aromatic nitrogens is 3. The van der Waals surface area contributed by atoms with Gasteiger partial charge in [-0.15, -0.1) is 0 Å². The van der Waals surface area contributed by atoms with E-state index in [0.29, 0.717) is 23.2 Å². The van der Waals surface area contributed by atoms with Crippen LogP contribution in [0.15, 0.2) is 42.7 Å². The van der Waals surface area contributed by atoms with Crippen molar-refractivity contribution in [2.45, 2.75) is 37.8 Å². The molecule has 6 rings (SSSR count). The van der Waals surface area contributed by atoms with Crippen molar-refractivity contribution in [3.05, 3.63) is 54.1 Å². The molecular formula is C27H27FN6O. The summed E-state index contributed by atoms with van der Waals surface area (Å²) in [5.41, 5.74) is 3.53. The molecule has 3 heterocycles. The van der Waals surface area contributed by atoms with Crippen LogP contribution in [0.3, 0.4) is 0 Å². The van der Waals surface area contributed by atoms with Crippen molar-refractivity contribution in [1.29, 1.82) is 5.26 Å². The average Bonchev–Trinajstić information content (AvgIpc) is 3.28. The van der Waals surface area contributed by atoms with Crippen molar-refractivity contribution in [2.75, 3.05) is 31.6 Å². The number of benzene rings is 2. The molecule has 0 unspecified atom stereocenters. The Bertz CT molecular complexity index is 1410. The van der Waals surface area contributed by atoms with Crippen molar-refractivity contribution in [3.63, 3.8) is 0 Å². The standard InChI is InChI=1S/C27H27FN6O/c28-20-12-17(15-29)11-19(13-20)18-1-6-24-23(14-18)25-26(30-16-31-27(25)33-24)32-21-2-4-22(5-3-21)34-7-9-35-10-8-34/h1,6,11-14,16,21-22H,2-5,7-10H2,(H2,30,31,32,33)/t21-,22-. The molecule has 2 aromatic carbocycles. The summed E-state index contributed by atoms with van der Waals surface area (Å²) in [5, 5.41) is 14.9. The van der Waals surface area contributed by atoms with Gasteiger partial charge in [0.1, 0.15) is 23.6 Å². The van der Waals surface area contributed by atoms with Crippen LogP contribution < -0.4 is 5.32 Å². The number of aromatic amines is 1. The molecule has 1 aliphatic carbocycles. The largest absolute Gasteiger partial charge is 0.379 e. The van der Waals surface area contributed by atoms with Crippen molar-refractivity contribution in [3.8, 4) is 17.2 Å². The van der Waals surface area contributed by atoms with Crippen LogP contribution in [0.5, 0.6) is 0 Å². The molecule has 1 saturated heterocycles. The summed E-state index contributed by atoms with van der Waals surface area (Å²) in [6.45, 7) is 3.75. The first-order valence-corrected chi connectivity index (χ1v) is 12.2. The Kier molecular flexibility index (Phi) is 5.80. The van der Waals surface area contributed by atoms with Gasteiger partial charge >= 0.3 is 0 Å². The zero-order valence-corrected chi connectivity index (χ0v) is 19.4. The van der Waals surface area contributed by atoms with Crippen LogP contribution in [0.2, 0.25) is 0 Å². The molecule has 2 fully saturated rings. The molecule has 0 amide bonds. The molecular weight excluding hydrogens is 443 g/mol. The number of hydrogen-bond acceptors (Lipinski definition) is 6. The predicted molar refractivity (Wildman–Crippen MR) is 134 cm³/mol. The van der Waals surface area contributed by atoms with E-state index in [0.717, 1.165) is 72.5 Å². The number of halogens is 1. The molecule has 2 aliphatic rings. The minimum atomic E-state index is -0.420. The maximum absolute atomic E-state index is 14.1. The number of H-pyrrole nitrogens is 1. The fraction of sp³-hybridized carbons (Fsp3) is 0.370. The highest BCUT2D eigenvalue weighted by Crippen LogP contribution is 2.34. The zero-order chi connectivity index (χ0) is 23.8. The number of hydrogen-bond donors (Lipinski definition) is 2. The first-order valence-electron chi connectivity index (χ1n) is 12.2. The normalized spacial score (nSPS) is 21.3. The van der Waals surface area contributed by atoms with Gasteiger partial charge in [0.15, 0.2) is 0 Å². The third-order valence-electron chi connectivity index (χ3n) is 7.35. The molecule has 0 bridgehead atoms. The van der Waals surface area contributed by atoms with E-state index in [2.05, 4.69) is 25.2 Å². The van der Waals surface area contributed by atoms with Crippen LogP contribution >= 0.6 is 0 Å². The number of anilines is 1. The van der Waals surface area contributed by atoms with E-state index >= 15 is 0 Å². The summed E-state index contributed by atoms with van der Waals surface area (Å²) < 4.78 is 19.6. The lowest BCUT2D eigenvalue weighted by atomic mass is 9.90. The van der Waals surface area contributed by atoms with Gasteiger partial charge in [-0.2, -0.15) is 5.26 Å². The van der Waals surface area contributed by atoms with Gasteiger partial charge in [-0.25, -0.2) is 14.4 Å². The summed E-state index contributed by atoms with van der Waals surface area (Å²) in [6, 6.07) is 13.4. The van der Waals surface area contributed by atoms with Crippen LogP contribution in [0.25, 0.3) is 33.1 Å². The SMILES string of the molecule is N#Cc1cc(F)cc(-c2ccc3[nH]c4ncnc(N[C@H]5CC[C@H](N6CCOCC6)CC5)c4c3c2)c1. The fourth-order valence-corrected chi connectivity index (χ4v) is 5.55. The van der Waals surface area contributed by atoms with Gasteiger partial charge in [0.05, 0.1) is 30.2 Å². The summed E-state index contributed by atoms with van der Waals surface area (Å²) in [6.07, 6.45) is 6.13. The lowest BCUT2D eigenvalue weighted by Gasteiger charge is -2.39. The molecule has 0 radical (unpaired) electrons. The number of nitriles is 1. The lowest BCUT2D eigenvalue weighted by molar-refractivity contribution is 0.00791. The number of rotatable bonds is 4. The van der Waals surface area contributed by atoms with Crippen LogP contribution in [-0.4, -0.2) is 58.2 Å². The second kappa shape index (κ2) is 9.25. The van der Waals surface area contributed by atoms with Crippen LogP contribution in [0, 0.1) is 17.1 Å². The second-order valence-corrected chi connectivity index (χ2v) is 9.47. The highest BCUT2D eigenvalue weighted by atomic mass is 19.1. The van der Waals surface area contributed by atoms with Gasteiger partial charge in [-0.05, 0) is 67.1 Å². The molecule has 0 atom stereocenters. The zero-order valence-electron chi connectivity index (χ0n) is 19.4. The number of morpholine rings is 1. The predicted octanol–water partition coefficient (Wildman–Crippen LogP) is 4.84. The Morgan fingerprint density at radius 3 is 2.66 bits per heavy atom. The van der Waals surface area contributed by atoms with Crippen molar-refractivity contribution in [2.24, 2.45) is 0 Å². The van der Waals surface area contributed by atoms with Crippen molar-refractivity contribution >= 4 is 27.8 Å². The van der Waals surface area contributed by atoms with Crippen molar-refractivity contribution < 1.29 is 9.13 Å². The van der Waals surface area contributed by atoms with Crippen LogP contribution in [-0.2, 0) is 4.74 Å². The molecule has 178 valence electrons. The highest BCUT2D eigenvalue weighted by molar-refractivity contribution is 6.12. The second-order valence-electron chi connectivity index (χ2n) is 9.47. The smallest absolute Gasteiger partial charge is 0.143 e. The van der Waals surface area contributed by atoms with E-state index in [-0.39, 0.29) is 0 Å². The molecule has 8 heteroatoms. The van der Waals surface area contributed by atoms with E-state index in [1.165, 1.54) is 25.0 Å². The van der Waals surface area contributed by atoms with Gasteiger partial charge in [0, 0.05) is 36.1 Å². The number of nitrogens with one attached hydrogen (secondary N) is 2. The van der Waals surface area contributed by atoms with E-state index in [1.807, 2.05) is 24.3 Å². The van der Waals surface area contributed by atoms with Gasteiger partial charge in [0.2, 0.25) is 0 Å². The van der Waals surface area contributed by atoms with E-state index < -0.39 is 5.82 Å². The number of fused-ring (bicyclic) bond motifs is 3. The first-order chi connectivity index (χ1) is 17.2. The Labute approximate surface area is 202 Å². The average molecular weight is 471 g/mol. The fourth-order valence-electron chi connectivity index (χ4n) is 5.55. The van der Waals surface area contributed by atoms with E-state index in [4.69, 9.17) is 4.74 Å². The quantitative estimate of drug-likeness (QED) is 0.443. The third-order valence-corrected chi connectivity index (χ3v) is 7.35. The Morgan fingerprint density at radius 1 is 1.03 bits per heavy atom. The Hall–Kier alpha value is -3.54.